The van der Waals surface area contributed by atoms with Crippen molar-refractivity contribution in [3.63, 3.8) is 0 Å². The average molecular weight is 338 g/mol. The van der Waals surface area contributed by atoms with E-state index in [4.69, 9.17) is 4.99 Å². The van der Waals surface area contributed by atoms with Crippen molar-refractivity contribution in [2.24, 2.45) is 16.3 Å². The maximum Gasteiger partial charge on any atom is 0.193 e. The first-order chi connectivity index (χ1) is 11.3. The van der Waals surface area contributed by atoms with Crippen LogP contribution in [-0.2, 0) is 0 Å². The number of rotatable bonds is 5. The van der Waals surface area contributed by atoms with Gasteiger partial charge < -0.3 is 15.1 Å². The number of nitrogens with zero attached hydrogens (tertiary/aromatic N) is 4. The maximum absolute atomic E-state index is 5.05. The lowest BCUT2D eigenvalue weighted by Crippen LogP contribution is -2.52. The van der Waals surface area contributed by atoms with E-state index in [0.29, 0.717) is 17.4 Å². The second kappa shape index (κ2) is 8.52. The Kier molecular flexibility index (Phi) is 6.93. The van der Waals surface area contributed by atoms with E-state index in [9.17, 15) is 0 Å². The summed E-state index contributed by atoms with van der Waals surface area (Å²) in [6.07, 6.45) is 1.25. The summed E-state index contributed by atoms with van der Waals surface area (Å²) in [7, 11) is 2.22. The fourth-order valence-corrected chi connectivity index (χ4v) is 3.80. The Morgan fingerprint density at radius 2 is 1.79 bits per heavy atom. The van der Waals surface area contributed by atoms with Crippen LogP contribution < -0.4 is 5.32 Å². The molecular formula is C19H39N5. The van der Waals surface area contributed by atoms with Gasteiger partial charge in [-0.05, 0) is 31.7 Å². The number of hydrogen-bond donors (Lipinski definition) is 1. The molecule has 0 aromatic rings. The van der Waals surface area contributed by atoms with Gasteiger partial charge in [-0.2, -0.15) is 0 Å². The van der Waals surface area contributed by atoms with Crippen LogP contribution in [0.15, 0.2) is 4.99 Å². The fourth-order valence-electron chi connectivity index (χ4n) is 3.80. The third-order valence-electron chi connectivity index (χ3n) is 5.52. The highest BCUT2D eigenvalue weighted by molar-refractivity contribution is 5.80. The molecule has 0 saturated carbocycles. The molecule has 5 heteroatoms. The first-order valence-corrected chi connectivity index (χ1v) is 9.78. The van der Waals surface area contributed by atoms with Crippen molar-refractivity contribution in [3.8, 4) is 0 Å². The molecule has 0 radical (unpaired) electrons. The van der Waals surface area contributed by atoms with E-state index in [1.54, 1.807) is 0 Å². The summed E-state index contributed by atoms with van der Waals surface area (Å²) in [6.45, 7) is 20.3. The van der Waals surface area contributed by atoms with Crippen LogP contribution in [0.5, 0.6) is 0 Å². The van der Waals surface area contributed by atoms with E-state index in [2.05, 4.69) is 61.7 Å². The number of hydrogen-bond acceptors (Lipinski definition) is 3. The van der Waals surface area contributed by atoms with Crippen LogP contribution in [0.1, 0.15) is 41.0 Å². The van der Waals surface area contributed by atoms with E-state index >= 15 is 0 Å². The number of guanidine groups is 1. The van der Waals surface area contributed by atoms with Crippen LogP contribution in [-0.4, -0.2) is 86.1 Å². The van der Waals surface area contributed by atoms with E-state index in [0.717, 1.165) is 32.1 Å². The van der Waals surface area contributed by atoms with Crippen molar-refractivity contribution in [2.75, 3.05) is 59.4 Å². The molecule has 2 saturated heterocycles. The first-order valence-electron chi connectivity index (χ1n) is 9.78. The van der Waals surface area contributed by atoms with Gasteiger partial charge in [0.25, 0.3) is 0 Å². The van der Waals surface area contributed by atoms with Crippen molar-refractivity contribution in [3.05, 3.63) is 0 Å². The van der Waals surface area contributed by atoms with Gasteiger partial charge in [0.05, 0.1) is 6.54 Å². The van der Waals surface area contributed by atoms with Crippen molar-refractivity contribution in [1.29, 1.82) is 0 Å². The van der Waals surface area contributed by atoms with Gasteiger partial charge in [-0.1, -0.05) is 27.7 Å². The van der Waals surface area contributed by atoms with E-state index < -0.39 is 0 Å². The largest absolute Gasteiger partial charge is 0.357 e. The Bertz CT molecular complexity index is 410. The summed E-state index contributed by atoms with van der Waals surface area (Å²) in [5, 5.41) is 3.52. The van der Waals surface area contributed by atoms with Gasteiger partial charge >= 0.3 is 0 Å². The molecule has 0 bridgehead atoms. The van der Waals surface area contributed by atoms with E-state index in [1.807, 2.05) is 0 Å². The number of piperazine rings is 1. The molecule has 0 aromatic carbocycles. The smallest absolute Gasteiger partial charge is 0.193 e. The molecule has 0 aliphatic carbocycles. The normalized spacial score (nSPS) is 24.6. The SMILES string of the molecule is CCNC(=NCC(C(C)C)N1CCN(C)CC1)N1CCC(C)(C)C1. The van der Waals surface area contributed by atoms with Gasteiger partial charge in [-0.3, -0.25) is 9.89 Å². The molecule has 2 rings (SSSR count). The summed E-state index contributed by atoms with van der Waals surface area (Å²) >= 11 is 0. The first kappa shape index (κ1) is 19.5. The van der Waals surface area contributed by atoms with Gasteiger partial charge in [0.2, 0.25) is 0 Å². The molecule has 140 valence electrons. The van der Waals surface area contributed by atoms with Crippen LogP contribution in [0.4, 0.5) is 0 Å². The molecule has 2 heterocycles. The molecule has 0 amide bonds. The van der Waals surface area contributed by atoms with Crippen LogP contribution in [0, 0.1) is 11.3 Å². The summed E-state index contributed by atoms with van der Waals surface area (Å²) < 4.78 is 0. The zero-order valence-electron chi connectivity index (χ0n) is 16.8. The monoisotopic (exact) mass is 337 g/mol. The van der Waals surface area contributed by atoms with Crippen molar-refractivity contribution < 1.29 is 0 Å². The zero-order chi connectivity index (χ0) is 17.7. The minimum Gasteiger partial charge on any atom is -0.357 e. The predicted octanol–water partition coefficient (Wildman–Crippen LogP) is 1.96. The van der Waals surface area contributed by atoms with Crippen LogP contribution >= 0.6 is 0 Å². The van der Waals surface area contributed by atoms with E-state index in [-0.39, 0.29) is 0 Å². The second-order valence-electron chi connectivity index (χ2n) is 8.68. The average Bonchev–Trinajstić information content (AvgIpc) is 2.88. The van der Waals surface area contributed by atoms with Crippen molar-refractivity contribution >= 4 is 5.96 Å². The molecule has 1 N–H and O–H groups in total. The summed E-state index contributed by atoms with van der Waals surface area (Å²) in [5.41, 5.74) is 0.408. The fraction of sp³-hybridized carbons (Fsp3) is 0.947. The Morgan fingerprint density at radius 1 is 1.12 bits per heavy atom. The molecule has 0 aromatic heterocycles. The van der Waals surface area contributed by atoms with Crippen LogP contribution in [0.3, 0.4) is 0 Å². The molecular weight excluding hydrogens is 298 g/mol. The highest BCUT2D eigenvalue weighted by Gasteiger charge is 2.31. The molecule has 1 unspecified atom stereocenters. The van der Waals surface area contributed by atoms with Crippen LogP contribution in [0.2, 0.25) is 0 Å². The Hall–Kier alpha value is -0.810. The molecule has 2 fully saturated rings. The Balaban J connectivity index is 2.01. The lowest BCUT2D eigenvalue weighted by molar-refractivity contribution is 0.0924. The Labute approximate surface area is 149 Å². The molecule has 24 heavy (non-hydrogen) atoms. The minimum atomic E-state index is 0.408. The number of likely N-dealkylation sites (tertiary alicyclic amines) is 1. The highest BCUT2D eigenvalue weighted by atomic mass is 15.3. The standard InChI is InChI=1S/C19H39N5/c1-7-20-18(24-9-8-19(4,5)15-24)21-14-17(16(2)3)23-12-10-22(6)11-13-23/h16-17H,7-15H2,1-6H3,(H,20,21). The highest BCUT2D eigenvalue weighted by Crippen LogP contribution is 2.28. The lowest BCUT2D eigenvalue weighted by Gasteiger charge is -2.39. The quantitative estimate of drug-likeness (QED) is 0.614. The summed E-state index contributed by atoms with van der Waals surface area (Å²) in [5.74, 6) is 1.75. The van der Waals surface area contributed by atoms with Gasteiger partial charge in [-0.15, -0.1) is 0 Å². The van der Waals surface area contributed by atoms with E-state index in [1.165, 1.54) is 32.6 Å². The van der Waals surface area contributed by atoms with Crippen molar-refractivity contribution in [1.82, 2.24) is 20.0 Å². The van der Waals surface area contributed by atoms with Crippen LogP contribution in [0.25, 0.3) is 0 Å². The van der Waals surface area contributed by atoms with Gasteiger partial charge in [-0.25, -0.2) is 0 Å². The number of likely N-dealkylation sites (N-methyl/N-ethyl adjacent to an activating group) is 1. The minimum absolute atomic E-state index is 0.408. The molecule has 1 atom stereocenters. The third-order valence-corrected chi connectivity index (χ3v) is 5.52. The second-order valence-corrected chi connectivity index (χ2v) is 8.68. The number of aliphatic imine (C=N–C) groups is 1. The van der Waals surface area contributed by atoms with Crippen molar-refractivity contribution in [2.45, 2.75) is 47.1 Å². The molecule has 0 spiro atoms. The maximum atomic E-state index is 5.05. The molecule has 2 aliphatic heterocycles. The lowest BCUT2D eigenvalue weighted by atomic mass is 9.93. The topological polar surface area (TPSA) is 34.1 Å². The zero-order valence-corrected chi connectivity index (χ0v) is 16.8. The summed E-state index contributed by atoms with van der Waals surface area (Å²) in [6, 6.07) is 0.544. The predicted molar refractivity (Wildman–Crippen MR) is 104 cm³/mol. The number of nitrogens with one attached hydrogen (secondary N) is 1. The Morgan fingerprint density at radius 3 is 2.29 bits per heavy atom. The summed E-state index contributed by atoms with van der Waals surface area (Å²) in [4.78, 5) is 12.6. The van der Waals surface area contributed by atoms with Gasteiger partial charge in [0.1, 0.15) is 0 Å². The van der Waals surface area contributed by atoms with Gasteiger partial charge in [0, 0.05) is 51.9 Å². The van der Waals surface area contributed by atoms with Gasteiger partial charge in [0.15, 0.2) is 5.96 Å². The third kappa shape index (κ3) is 5.35. The molecule has 2 aliphatic rings. The molecule has 5 nitrogen and oxygen atoms in total.